The Balaban J connectivity index is 2.01. The molecule has 0 aliphatic carbocycles. The molecule has 1 aromatic rings. The van der Waals surface area contributed by atoms with Crippen LogP contribution >= 0.6 is 34.5 Å². The highest BCUT2D eigenvalue weighted by atomic mass is 35.5. The molecule has 0 bridgehead atoms. The predicted molar refractivity (Wildman–Crippen MR) is 80.2 cm³/mol. The molecule has 1 aliphatic rings. The van der Waals surface area contributed by atoms with Crippen molar-refractivity contribution in [3.8, 4) is 0 Å². The summed E-state index contributed by atoms with van der Waals surface area (Å²) < 4.78 is 0. The molecular weight excluding hydrogens is 289 g/mol. The number of hydrogen-bond acceptors (Lipinski definition) is 4. The van der Waals surface area contributed by atoms with Crippen LogP contribution in [0, 0.1) is 0 Å². The molecule has 6 heteroatoms. The van der Waals surface area contributed by atoms with Crippen LogP contribution in [0.2, 0.25) is 5.15 Å². The van der Waals surface area contributed by atoms with Gasteiger partial charge in [-0.1, -0.05) is 22.9 Å². The highest BCUT2D eigenvalue weighted by Crippen LogP contribution is 2.31. The van der Waals surface area contributed by atoms with E-state index in [1.807, 2.05) is 0 Å². The zero-order valence-corrected chi connectivity index (χ0v) is 13.4. The number of thiazole rings is 1. The Morgan fingerprint density at radius 2 is 1.83 bits per heavy atom. The van der Waals surface area contributed by atoms with Gasteiger partial charge >= 0.3 is 0 Å². The van der Waals surface area contributed by atoms with Crippen LogP contribution in [-0.2, 0) is 5.88 Å². The zero-order chi connectivity index (χ0) is 13.3. The Hall–Kier alpha value is -0.0300. The fourth-order valence-electron chi connectivity index (χ4n) is 2.11. The molecular formula is C12H19Cl2N3S. The van der Waals surface area contributed by atoms with Gasteiger partial charge in [0.2, 0.25) is 0 Å². The van der Waals surface area contributed by atoms with Crippen molar-refractivity contribution < 1.29 is 0 Å². The minimum Gasteiger partial charge on any atom is -0.345 e. The van der Waals surface area contributed by atoms with Crippen molar-refractivity contribution in [3.05, 3.63) is 10.0 Å². The van der Waals surface area contributed by atoms with E-state index in [9.17, 15) is 0 Å². The van der Waals surface area contributed by atoms with E-state index < -0.39 is 0 Å². The molecule has 0 radical (unpaired) electrons. The van der Waals surface area contributed by atoms with Crippen LogP contribution in [0.3, 0.4) is 0 Å². The standard InChI is InChI=1S/C12H19Cl2N3S/c1-12(2,3)17-6-4-16(5-7-17)11-15-10(14)9(8-13)18-11/h4-8H2,1-3H3. The summed E-state index contributed by atoms with van der Waals surface area (Å²) in [6.45, 7) is 10.9. The van der Waals surface area contributed by atoms with Gasteiger partial charge < -0.3 is 4.90 Å². The minimum atomic E-state index is 0.244. The maximum atomic E-state index is 6.04. The molecule has 0 spiro atoms. The van der Waals surface area contributed by atoms with E-state index in [1.165, 1.54) is 0 Å². The molecule has 1 aromatic heterocycles. The van der Waals surface area contributed by atoms with Gasteiger partial charge in [0.15, 0.2) is 5.13 Å². The van der Waals surface area contributed by atoms with Crippen molar-refractivity contribution in [1.29, 1.82) is 0 Å². The number of hydrogen-bond donors (Lipinski definition) is 0. The van der Waals surface area contributed by atoms with Crippen LogP contribution in [0.4, 0.5) is 5.13 Å². The predicted octanol–water partition coefficient (Wildman–Crippen LogP) is 3.46. The molecule has 3 nitrogen and oxygen atoms in total. The van der Waals surface area contributed by atoms with Gasteiger partial charge in [-0.15, -0.1) is 11.6 Å². The van der Waals surface area contributed by atoms with Crippen molar-refractivity contribution >= 4 is 39.7 Å². The number of piperazine rings is 1. The van der Waals surface area contributed by atoms with Gasteiger partial charge in [-0.3, -0.25) is 4.90 Å². The molecule has 1 saturated heterocycles. The van der Waals surface area contributed by atoms with Crippen molar-refractivity contribution in [2.45, 2.75) is 32.2 Å². The van der Waals surface area contributed by atoms with Gasteiger partial charge in [0, 0.05) is 31.7 Å². The Kier molecular flexibility index (Phi) is 4.42. The molecule has 0 atom stereocenters. The quantitative estimate of drug-likeness (QED) is 0.780. The second-order valence-corrected chi connectivity index (χ2v) is 7.18. The topological polar surface area (TPSA) is 19.4 Å². The van der Waals surface area contributed by atoms with Gasteiger partial charge in [-0.2, -0.15) is 0 Å². The highest BCUT2D eigenvalue weighted by Gasteiger charge is 2.27. The molecule has 1 fully saturated rings. The Labute approximate surface area is 123 Å². The first kappa shape index (κ1) is 14.4. The Morgan fingerprint density at radius 3 is 2.28 bits per heavy atom. The lowest BCUT2D eigenvalue weighted by Gasteiger charge is -2.42. The van der Waals surface area contributed by atoms with Crippen molar-refractivity contribution in [2.24, 2.45) is 0 Å². The largest absolute Gasteiger partial charge is 0.345 e. The molecule has 2 rings (SSSR count). The first-order valence-electron chi connectivity index (χ1n) is 6.13. The number of alkyl halides is 1. The second-order valence-electron chi connectivity index (χ2n) is 5.49. The van der Waals surface area contributed by atoms with Crippen LogP contribution in [0.25, 0.3) is 0 Å². The minimum absolute atomic E-state index is 0.244. The maximum absolute atomic E-state index is 6.04. The van der Waals surface area contributed by atoms with Crippen molar-refractivity contribution in [2.75, 3.05) is 31.1 Å². The van der Waals surface area contributed by atoms with E-state index in [2.05, 4.69) is 35.6 Å². The summed E-state index contributed by atoms with van der Waals surface area (Å²) in [6, 6.07) is 0. The molecule has 0 aromatic carbocycles. The van der Waals surface area contributed by atoms with Crippen LogP contribution in [0.1, 0.15) is 25.6 Å². The lowest BCUT2D eigenvalue weighted by atomic mass is 10.1. The Bertz CT molecular complexity index is 406. The van der Waals surface area contributed by atoms with Crippen molar-refractivity contribution in [3.63, 3.8) is 0 Å². The van der Waals surface area contributed by atoms with Gasteiger partial charge in [0.05, 0.1) is 10.8 Å². The smallest absolute Gasteiger partial charge is 0.187 e. The number of nitrogens with zero attached hydrogens (tertiary/aromatic N) is 3. The summed E-state index contributed by atoms with van der Waals surface area (Å²) in [7, 11) is 0. The van der Waals surface area contributed by atoms with Crippen molar-refractivity contribution in [1.82, 2.24) is 9.88 Å². The monoisotopic (exact) mass is 307 g/mol. The average Bonchev–Trinajstić information content (AvgIpc) is 2.69. The van der Waals surface area contributed by atoms with E-state index in [0.717, 1.165) is 36.2 Å². The van der Waals surface area contributed by atoms with Gasteiger partial charge in [-0.05, 0) is 20.8 Å². The lowest BCUT2D eigenvalue weighted by Crippen LogP contribution is -2.53. The first-order chi connectivity index (χ1) is 8.41. The number of halogens is 2. The lowest BCUT2D eigenvalue weighted by molar-refractivity contribution is 0.128. The van der Waals surface area contributed by atoms with Gasteiger partial charge in [-0.25, -0.2) is 4.98 Å². The molecule has 102 valence electrons. The summed E-state index contributed by atoms with van der Waals surface area (Å²) in [5.74, 6) is 0.443. The van der Waals surface area contributed by atoms with E-state index >= 15 is 0 Å². The molecule has 2 heterocycles. The normalized spacial score (nSPS) is 18.4. The third-order valence-electron chi connectivity index (χ3n) is 3.26. The summed E-state index contributed by atoms with van der Waals surface area (Å²) in [4.78, 5) is 10.2. The summed E-state index contributed by atoms with van der Waals surface area (Å²) in [5, 5.41) is 1.56. The number of rotatable bonds is 2. The SMILES string of the molecule is CC(C)(C)N1CCN(c2nc(Cl)c(CCl)s2)CC1. The summed E-state index contributed by atoms with van der Waals surface area (Å²) in [6.07, 6.45) is 0. The van der Waals surface area contributed by atoms with Crippen LogP contribution in [-0.4, -0.2) is 41.6 Å². The molecule has 0 amide bonds. The molecule has 0 saturated carbocycles. The van der Waals surface area contributed by atoms with E-state index in [0.29, 0.717) is 11.0 Å². The zero-order valence-electron chi connectivity index (χ0n) is 11.0. The molecule has 18 heavy (non-hydrogen) atoms. The van der Waals surface area contributed by atoms with Crippen LogP contribution in [0.5, 0.6) is 0 Å². The number of aromatic nitrogens is 1. The third-order valence-corrected chi connectivity index (χ3v) is 5.23. The van der Waals surface area contributed by atoms with Crippen LogP contribution in [0.15, 0.2) is 0 Å². The highest BCUT2D eigenvalue weighted by molar-refractivity contribution is 7.16. The van der Waals surface area contributed by atoms with E-state index in [1.54, 1.807) is 11.3 Å². The van der Waals surface area contributed by atoms with Crippen LogP contribution < -0.4 is 4.90 Å². The maximum Gasteiger partial charge on any atom is 0.187 e. The summed E-state index contributed by atoms with van der Waals surface area (Å²) >= 11 is 13.5. The average molecular weight is 308 g/mol. The van der Waals surface area contributed by atoms with Gasteiger partial charge in [0.25, 0.3) is 0 Å². The molecule has 1 aliphatic heterocycles. The molecule has 0 unspecified atom stereocenters. The first-order valence-corrected chi connectivity index (χ1v) is 7.86. The fraction of sp³-hybridized carbons (Fsp3) is 0.750. The second kappa shape index (κ2) is 5.53. The fourth-order valence-corrected chi connectivity index (χ4v) is 3.63. The number of anilines is 1. The Morgan fingerprint density at radius 1 is 1.22 bits per heavy atom. The van der Waals surface area contributed by atoms with E-state index in [4.69, 9.17) is 23.2 Å². The summed E-state index contributed by atoms with van der Waals surface area (Å²) in [5.41, 5.74) is 0.244. The van der Waals surface area contributed by atoms with Gasteiger partial charge in [0.1, 0.15) is 5.15 Å². The third kappa shape index (κ3) is 3.10. The van der Waals surface area contributed by atoms with E-state index in [-0.39, 0.29) is 5.54 Å². The molecule has 0 N–H and O–H groups in total.